The van der Waals surface area contributed by atoms with Crippen LogP contribution < -0.4 is 0 Å². The maximum atomic E-state index is 2.56. The molecule has 2 aromatic heterocycles. The Hall–Kier alpha value is -2.58. The van der Waals surface area contributed by atoms with Gasteiger partial charge in [0, 0.05) is 37.9 Å². The zero-order valence-electron chi connectivity index (χ0n) is 20.6. The summed E-state index contributed by atoms with van der Waals surface area (Å²) in [5, 5.41) is 4.11. The van der Waals surface area contributed by atoms with Gasteiger partial charge >= 0.3 is 0 Å². The van der Waals surface area contributed by atoms with Gasteiger partial charge in [0.2, 0.25) is 0 Å². The summed E-state index contributed by atoms with van der Waals surface area (Å²) in [6.07, 6.45) is 13.8. The molecule has 0 N–H and O–H groups in total. The van der Waals surface area contributed by atoms with Crippen LogP contribution in [0.4, 0.5) is 0 Å². The Kier molecular flexibility index (Phi) is 7.65. The number of benzene rings is 3. The van der Waals surface area contributed by atoms with Gasteiger partial charge in [-0.1, -0.05) is 107 Å². The number of aromatic nitrogens is 1. The first-order chi connectivity index (χ1) is 16.8. The van der Waals surface area contributed by atoms with Crippen molar-refractivity contribution in [1.29, 1.82) is 0 Å². The molecule has 0 bridgehead atoms. The van der Waals surface area contributed by atoms with Gasteiger partial charge in [-0.3, -0.25) is 0 Å². The van der Waals surface area contributed by atoms with E-state index in [0.717, 1.165) is 6.54 Å². The van der Waals surface area contributed by atoms with Gasteiger partial charge in [-0.25, -0.2) is 0 Å². The molecule has 0 saturated heterocycles. The fourth-order valence-corrected chi connectivity index (χ4v) is 6.39. The van der Waals surface area contributed by atoms with Crippen LogP contribution >= 0.6 is 11.3 Å². The summed E-state index contributed by atoms with van der Waals surface area (Å²) in [6, 6.07) is 27.1. The number of hydrogen-bond acceptors (Lipinski definition) is 1. The SMILES string of the molecule is CCCCCCCCCCCCn1c2ccccc2c2cc(-c3cc4ccccc4s3)ccc21. The van der Waals surface area contributed by atoms with Crippen molar-refractivity contribution in [3.63, 3.8) is 0 Å². The molecule has 3 aromatic carbocycles. The number of unbranched alkanes of at least 4 members (excludes halogenated alkanes) is 9. The molecule has 0 spiro atoms. The molecule has 2 heterocycles. The van der Waals surface area contributed by atoms with Gasteiger partial charge in [-0.2, -0.15) is 0 Å². The van der Waals surface area contributed by atoms with Crippen LogP contribution in [-0.4, -0.2) is 4.57 Å². The van der Waals surface area contributed by atoms with E-state index in [0.29, 0.717) is 0 Å². The Balaban J connectivity index is 1.28. The molecule has 0 radical (unpaired) electrons. The van der Waals surface area contributed by atoms with E-state index < -0.39 is 0 Å². The van der Waals surface area contributed by atoms with Crippen molar-refractivity contribution >= 4 is 43.2 Å². The van der Waals surface area contributed by atoms with Gasteiger partial charge in [0.05, 0.1) is 0 Å². The fraction of sp³-hybridized carbons (Fsp3) is 0.375. The summed E-state index contributed by atoms with van der Waals surface area (Å²) < 4.78 is 3.92. The molecule has 176 valence electrons. The van der Waals surface area contributed by atoms with Crippen molar-refractivity contribution in [1.82, 2.24) is 4.57 Å². The molecule has 0 amide bonds. The Morgan fingerprint density at radius 1 is 0.618 bits per heavy atom. The van der Waals surface area contributed by atoms with Crippen LogP contribution in [0.2, 0.25) is 0 Å². The number of rotatable bonds is 12. The van der Waals surface area contributed by atoms with Gasteiger partial charge < -0.3 is 4.57 Å². The van der Waals surface area contributed by atoms with Crippen molar-refractivity contribution in [2.24, 2.45) is 0 Å². The van der Waals surface area contributed by atoms with E-state index in [1.165, 1.54) is 107 Å². The van der Waals surface area contributed by atoms with E-state index in [4.69, 9.17) is 0 Å². The van der Waals surface area contributed by atoms with Gasteiger partial charge in [0.15, 0.2) is 0 Å². The average molecular weight is 468 g/mol. The molecule has 5 rings (SSSR count). The number of hydrogen-bond donors (Lipinski definition) is 0. The lowest BCUT2D eigenvalue weighted by atomic mass is 10.1. The number of nitrogens with zero attached hydrogens (tertiary/aromatic N) is 1. The molecular weight excluding hydrogens is 430 g/mol. The van der Waals surface area contributed by atoms with E-state index in [1.54, 1.807) is 0 Å². The highest BCUT2D eigenvalue weighted by Crippen LogP contribution is 2.37. The lowest BCUT2D eigenvalue weighted by molar-refractivity contribution is 0.541. The average Bonchev–Trinajstić information content (AvgIpc) is 3.44. The minimum atomic E-state index is 1.11. The molecular formula is C32H37NS. The summed E-state index contributed by atoms with van der Waals surface area (Å²) in [7, 11) is 0. The highest BCUT2D eigenvalue weighted by molar-refractivity contribution is 7.22. The quantitative estimate of drug-likeness (QED) is 0.161. The second-order valence-corrected chi connectivity index (χ2v) is 10.8. The van der Waals surface area contributed by atoms with Crippen LogP contribution in [0.25, 0.3) is 42.3 Å². The first-order valence-corrected chi connectivity index (χ1v) is 14.2. The Labute approximate surface area is 208 Å². The summed E-state index contributed by atoms with van der Waals surface area (Å²) >= 11 is 1.89. The lowest BCUT2D eigenvalue weighted by Crippen LogP contribution is -1.97. The van der Waals surface area contributed by atoms with Crippen LogP contribution in [0.5, 0.6) is 0 Å². The van der Waals surface area contributed by atoms with E-state index in [1.807, 2.05) is 11.3 Å². The molecule has 2 heteroatoms. The van der Waals surface area contributed by atoms with Gasteiger partial charge in [-0.15, -0.1) is 11.3 Å². The molecule has 0 atom stereocenters. The van der Waals surface area contributed by atoms with Crippen molar-refractivity contribution in [3.8, 4) is 10.4 Å². The van der Waals surface area contributed by atoms with Crippen LogP contribution in [0.1, 0.15) is 71.1 Å². The Morgan fingerprint density at radius 2 is 1.29 bits per heavy atom. The highest BCUT2D eigenvalue weighted by atomic mass is 32.1. The molecule has 34 heavy (non-hydrogen) atoms. The lowest BCUT2D eigenvalue weighted by Gasteiger charge is -2.08. The van der Waals surface area contributed by atoms with Crippen LogP contribution in [0, 0.1) is 0 Å². The summed E-state index contributed by atoms with van der Waals surface area (Å²) in [6.45, 7) is 3.41. The normalized spacial score (nSPS) is 11.8. The van der Waals surface area contributed by atoms with Crippen molar-refractivity contribution in [2.75, 3.05) is 0 Å². The molecule has 0 fully saturated rings. The van der Waals surface area contributed by atoms with Crippen LogP contribution in [-0.2, 0) is 6.54 Å². The maximum Gasteiger partial charge on any atom is 0.0491 e. The predicted octanol–water partition coefficient (Wildman–Crippen LogP) is 10.6. The molecule has 5 aromatic rings. The third-order valence-corrected chi connectivity index (χ3v) is 8.38. The zero-order valence-corrected chi connectivity index (χ0v) is 21.4. The van der Waals surface area contributed by atoms with Crippen molar-refractivity contribution in [3.05, 3.63) is 72.8 Å². The molecule has 0 aliphatic rings. The van der Waals surface area contributed by atoms with E-state index in [2.05, 4.69) is 84.3 Å². The summed E-state index contributed by atoms with van der Waals surface area (Å²) in [5.74, 6) is 0. The minimum Gasteiger partial charge on any atom is -0.340 e. The smallest absolute Gasteiger partial charge is 0.0491 e. The predicted molar refractivity (Wildman–Crippen MR) is 152 cm³/mol. The molecule has 0 saturated carbocycles. The first-order valence-electron chi connectivity index (χ1n) is 13.3. The monoisotopic (exact) mass is 467 g/mol. The fourth-order valence-electron chi connectivity index (χ4n) is 5.33. The van der Waals surface area contributed by atoms with Crippen molar-refractivity contribution < 1.29 is 0 Å². The van der Waals surface area contributed by atoms with Crippen LogP contribution in [0.3, 0.4) is 0 Å². The van der Waals surface area contributed by atoms with Crippen LogP contribution in [0.15, 0.2) is 72.8 Å². The highest BCUT2D eigenvalue weighted by Gasteiger charge is 2.12. The minimum absolute atomic E-state index is 1.11. The standard InChI is InChI=1S/C32H37NS/c1-2-3-4-5-6-7-8-9-10-15-22-33-29-18-13-12-17-27(29)28-23-26(20-21-30(28)33)32-24-25-16-11-14-19-31(25)34-32/h11-14,16-21,23-24H,2-10,15,22H2,1H3. The summed E-state index contributed by atoms with van der Waals surface area (Å²) in [5.41, 5.74) is 4.08. The third kappa shape index (κ3) is 5.08. The van der Waals surface area contributed by atoms with Gasteiger partial charge in [-0.05, 0) is 47.7 Å². The van der Waals surface area contributed by atoms with E-state index in [9.17, 15) is 0 Å². The van der Waals surface area contributed by atoms with E-state index >= 15 is 0 Å². The number of thiophene rings is 1. The summed E-state index contributed by atoms with van der Waals surface area (Å²) in [4.78, 5) is 1.36. The molecule has 1 nitrogen and oxygen atoms in total. The van der Waals surface area contributed by atoms with Gasteiger partial charge in [0.25, 0.3) is 0 Å². The zero-order chi connectivity index (χ0) is 23.2. The van der Waals surface area contributed by atoms with Crippen molar-refractivity contribution in [2.45, 2.75) is 77.7 Å². The largest absolute Gasteiger partial charge is 0.340 e. The number of para-hydroxylation sites is 1. The topological polar surface area (TPSA) is 4.93 Å². The molecule has 0 unspecified atom stereocenters. The maximum absolute atomic E-state index is 2.56. The Bertz CT molecular complexity index is 1320. The Morgan fingerprint density at radius 3 is 2.09 bits per heavy atom. The third-order valence-electron chi connectivity index (χ3n) is 7.22. The second kappa shape index (κ2) is 11.2. The first kappa shape index (κ1) is 23.2. The molecule has 0 aliphatic carbocycles. The van der Waals surface area contributed by atoms with E-state index in [-0.39, 0.29) is 0 Å². The number of fused-ring (bicyclic) bond motifs is 4. The number of aryl methyl sites for hydroxylation is 1. The second-order valence-electron chi connectivity index (χ2n) is 9.73. The molecule has 0 aliphatic heterocycles. The van der Waals surface area contributed by atoms with Gasteiger partial charge in [0.1, 0.15) is 0 Å².